The first-order valence-electron chi connectivity index (χ1n) is 5.77. The zero-order valence-corrected chi connectivity index (χ0v) is 11.0. The third kappa shape index (κ3) is 3.11. The van der Waals surface area contributed by atoms with Gasteiger partial charge in [-0.3, -0.25) is 0 Å². The van der Waals surface area contributed by atoms with Gasteiger partial charge >= 0.3 is 0 Å². The molecular formula is C13H13F2N3O2. The first-order chi connectivity index (χ1) is 9.63. The van der Waals surface area contributed by atoms with Crippen LogP contribution in [-0.4, -0.2) is 24.2 Å². The zero-order chi connectivity index (χ0) is 14.5. The van der Waals surface area contributed by atoms with E-state index in [1.54, 1.807) is 6.07 Å². The van der Waals surface area contributed by atoms with Crippen molar-refractivity contribution < 1.29 is 18.3 Å². The second-order valence-corrected chi connectivity index (χ2v) is 3.87. The molecule has 0 saturated heterocycles. The SMILES string of the molecule is COc1ccc(CNc2ncc(F)c(OC)n2)cc1F. The summed E-state index contributed by atoms with van der Waals surface area (Å²) in [5.41, 5.74) is 0.676. The molecule has 2 aromatic rings. The van der Waals surface area contributed by atoms with E-state index < -0.39 is 11.6 Å². The minimum absolute atomic E-state index is 0.150. The molecule has 2 rings (SSSR count). The Kier molecular flexibility index (Phi) is 4.29. The highest BCUT2D eigenvalue weighted by molar-refractivity contribution is 5.33. The first kappa shape index (κ1) is 14.0. The molecular weight excluding hydrogens is 268 g/mol. The molecule has 1 aromatic heterocycles. The Bertz CT molecular complexity index is 608. The fourth-order valence-corrected chi connectivity index (χ4v) is 1.58. The molecule has 0 aliphatic rings. The lowest BCUT2D eigenvalue weighted by Gasteiger charge is -2.08. The Balaban J connectivity index is 2.07. The molecule has 0 spiro atoms. The fraction of sp³-hybridized carbons (Fsp3) is 0.231. The van der Waals surface area contributed by atoms with Crippen LogP contribution in [0, 0.1) is 11.6 Å². The molecule has 1 N–H and O–H groups in total. The predicted molar refractivity (Wildman–Crippen MR) is 68.8 cm³/mol. The lowest BCUT2D eigenvalue weighted by atomic mass is 10.2. The molecule has 0 bridgehead atoms. The largest absolute Gasteiger partial charge is 0.494 e. The summed E-state index contributed by atoms with van der Waals surface area (Å²) in [4.78, 5) is 7.59. The molecule has 20 heavy (non-hydrogen) atoms. The Morgan fingerprint density at radius 3 is 2.60 bits per heavy atom. The summed E-state index contributed by atoms with van der Waals surface area (Å²) in [6, 6.07) is 4.57. The molecule has 5 nitrogen and oxygen atoms in total. The van der Waals surface area contributed by atoms with E-state index in [9.17, 15) is 8.78 Å². The van der Waals surface area contributed by atoms with Crippen molar-refractivity contribution in [2.45, 2.75) is 6.54 Å². The van der Waals surface area contributed by atoms with E-state index in [4.69, 9.17) is 9.47 Å². The number of ether oxygens (including phenoxy) is 2. The summed E-state index contributed by atoms with van der Waals surface area (Å²) in [7, 11) is 2.71. The average Bonchev–Trinajstić information content (AvgIpc) is 2.46. The highest BCUT2D eigenvalue weighted by Crippen LogP contribution is 2.19. The van der Waals surface area contributed by atoms with Crippen LogP contribution in [0.1, 0.15) is 5.56 Å². The number of halogens is 2. The standard InChI is InChI=1S/C13H13F2N3O2/c1-19-11-4-3-8(5-9(11)14)6-16-13-17-7-10(15)12(18-13)20-2/h3-5,7H,6H2,1-2H3,(H,16,17,18). The van der Waals surface area contributed by atoms with Crippen LogP contribution in [0.4, 0.5) is 14.7 Å². The highest BCUT2D eigenvalue weighted by atomic mass is 19.1. The quantitative estimate of drug-likeness (QED) is 0.912. The average molecular weight is 281 g/mol. The number of methoxy groups -OCH3 is 2. The van der Waals surface area contributed by atoms with Gasteiger partial charge in [0.1, 0.15) is 0 Å². The Morgan fingerprint density at radius 1 is 1.15 bits per heavy atom. The summed E-state index contributed by atoms with van der Waals surface area (Å²) in [6.07, 6.45) is 1.00. The molecule has 0 fully saturated rings. The van der Waals surface area contributed by atoms with Gasteiger partial charge in [-0.15, -0.1) is 0 Å². The van der Waals surface area contributed by atoms with E-state index in [-0.39, 0.29) is 24.1 Å². The second kappa shape index (κ2) is 6.14. The van der Waals surface area contributed by atoms with E-state index in [0.29, 0.717) is 5.56 Å². The van der Waals surface area contributed by atoms with Crippen LogP contribution in [0.25, 0.3) is 0 Å². The molecule has 0 aliphatic carbocycles. The third-order valence-electron chi connectivity index (χ3n) is 2.57. The van der Waals surface area contributed by atoms with Crippen molar-refractivity contribution in [3.05, 3.63) is 41.6 Å². The lowest BCUT2D eigenvalue weighted by Crippen LogP contribution is -2.05. The van der Waals surface area contributed by atoms with Crippen molar-refractivity contribution in [1.82, 2.24) is 9.97 Å². The van der Waals surface area contributed by atoms with Crippen LogP contribution < -0.4 is 14.8 Å². The van der Waals surface area contributed by atoms with Gasteiger partial charge in [0.05, 0.1) is 20.4 Å². The summed E-state index contributed by atoms with van der Waals surface area (Å²) >= 11 is 0. The second-order valence-electron chi connectivity index (χ2n) is 3.87. The van der Waals surface area contributed by atoms with E-state index >= 15 is 0 Å². The number of benzene rings is 1. The monoisotopic (exact) mass is 281 g/mol. The van der Waals surface area contributed by atoms with Gasteiger partial charge in [0.25, 0.3) is 5.88 Å². The van der Waals surface area contributed by atoms with E-state index in [1.165, 1.54) is 26.4 Å². The van der Waals surface area contributed by atoms with Crippen LogP contribution in [0.5, 0.6) is 11.6 Å². The normalized spacial score (nSPS) is 10.2. The third-order valence-corrected chi connectivity index (χ3v) is 2.57. The van der Waals surface area contributed by atoms with Gasteiger partial charge in [-0.2, -0.15) is 9.37 Å². The van der Waals surface area contributed by atoms with Gasteiger partial charge in [0.2, 0.25) is 11.8 Å². The number of hydrogen-bond acceptors (Lipinski definition) is 5. The Labute approximate surface area is 114 Å². The van der Waals surface area contributed by atoms with Crippen molar-refractivity contribution in [3.63, 3.8) is 0 Å². The van der Waals surface area contributed by atoms with Crippen LogP contribution in [0.15, 0.2) is 24.4 Å². The minimum Gasteiger partial charge on any atom is -0.494 e. The minimum atomic E-state index is -0.645. The van der Waals surface area contributed by atoms with Gasteiger partial charge in [0, 0.05) is 6.54 Å². The molecule has 1 aromatic carbocycles. The Morgan fingerprint density at radius 2 is 1.95 bits per heavy atom. The number of aromatic nitrogens is 2. The van der Waals surface area contributed by atoms with Crippen LogP contribution in [0.3, 0.4) is 0 Å². The number of hydrogen-bond donors (Lipinski definition) is 1. The molecule has 106 valence electrons. The van der Waals surface area contributed by atoms with Gasteiger partial charge in [-0.05, 0) is 17.7 Å². The zero-order valence-electron chi connectivity index (χ0n) is 11.0. The van der Waals surface area contributed by atoms with E-state index in [0.717, 1.165) is 6.20 Å². The molecule has 0 radical (unpaired) electrons. The molecule has 0 amide bonds. The maximum absolute atomic E-state index is 13.5. The summed E-state index contributed by atoms with van der Waals surface area (Å²) < 4.78 is 36.2. The van der Waals surface area contributed by atoms with Gasteiger partial charge < -0.3 is 14.8 Å². The number of nitrogens with zero attached hydrogens (tertiary/aromatic N) is 2. The van der Waals surface area contributed by atoms with Crippen LogP contribution >= 0.6 is 0 Å². The van der Waals surface area contributed by atoms with Crippen LogP contribution in [0.2, 0.25) is 0 Å². The number of anilines is 1. The molecule has 0 unspecified atom stereocenters. The van der Waals surface area contributed by atoms with Crippen molar-refractivity contribution in [3.8, 4) is 11.6 Å². The number of nitrogens with one attached hydrogen (secondary N) is 1. The maximum Gasteiger partial charge on any atom is 0.255 e. The fourth-order valence-electron chi connectivity index (χ4n) is 1.58. The van der Waals surface area contributed by atoms with E-state index in [1.807, 2.05) is 0 Å². The summed E-state index contributed by atoms with van der Waals surface area (Å²) in [6.45, 7) is 0.287. The topological polar surface area (TPSA) is 56.3 Å². The van der Waals surface area contributed by atoms with Gasteiger partial charge in [-0.25, -0.2) is 9.37 Å². The highest BCUT2D eigenvalue weighted by Gasteiger charge is 2.07. The molecule has 0 aliphatic heterocycles. The van der Waals surface area contributed by atoms with Crippen LogP contribution in [-0.2, 0) is 6.54 Å². The Hall–Kier alpha value is -2.44. The predicted octanol–water partition coefficient (Wildman–Crippen LogP) is 2.38. The molecule has 0 atom stereocenters. The molecule has 0 saturated carbocycles. The van der Waals surface area contributed by atoms with Crippen molar-refractivity contribution in [1.29, 1.82) is 0 Å². The van der Waals surface area contributed by atoms with Crippen molar-refractivity contribution in [2.75, 3.05) is 19.5 Å². The molecule has 7 heteroatoms. The van der Waals surface area contributed by atoms with Gasteiger partial charge in [0.15, 0.2) is 11.6 Å². The summed E-state index contributed by atoms with van der Waals surface area (Å²) in [5.74, 6) is -0.880. The van der Waals surface area contributed by atoms with Gasteiger partial charge in [-0.1, -0.05) is 6.07 Å². The lowest BCUT2D eigenvalue weighted by molar-refractivity contribution is 0.367. The number of rotatable bonds is 5. The maximum atomic E-state index is 13.5. The smallest absolute Gasteiger partial charge is 0.255 e. The summed E-state index contributed by atoms with van der Waals surface area (Å²) in [5, 5.41) is 2.85. The van der Waals surface area contributed by atoms with Crippen molar-refractivity contribution in [2.24, 2.45) is 0 Å². The van der Waals surface area contributed by atoms with Crippen molar-refractivity contribution >= 4 is 5.95 Å². The molecule has 1 heterocycles. The van der Waals surface area contributed by atoms with E-state index in [2.05, 4.69) is 15.3 Å². The first-order valence-corrected chi connectivity index (χ1v) is 5.77.